The number of nitrogens with zero attached hydrogens (tertiary/aromatic N) is 2. The van der Waals surface area contributed by atoms with Crippen molar-refractivity contribution >= 4 is 28.5 Å². The first-order chi connectivity index (χ1) is 13.6. The van der Waals surface area contributed by atoms with E-state index in [9.17, 15) is 9.59 Å². The Kier molecular flexibility index (Phi) is 6.18. The van der Waals surface area contributed by atoms with Gasteiger partial charge < -0.3 is 20.7 Å². The average molecular weight is 378 g/mol. The summed E-state index contributed by atoms with van der Waals surface area (Å²) in [4.78, 5) is 30.0. The van der Waals surface area contributed by atoms with Gasteiger partial charge in [0.2, 0.25) is 0 Å². The number of carbonyl (C=O) groups is 2. The summed E-state index contributed by atoms with van der Waals surface area (Å²) in [7, 11) is 1.34. The Hall–Kier alpha value is -3.45. The molecular formula is C21H22N4O3. The number of carbonyl (C=O) groups excluding carboxylic acids is 2. The fourth-order valence-electron chi connectivity index (χ4n) is 2.86. The van der Waals surface area contributed by atoms with Crippen molar-refractivity contribution in [3.05, 3.63) is 72.1 Å². The van der Waals surface area contributed by atoms with Crippen molar-refractivity contribution in [3.8, 4) is 0 Å². The van der Waals surface area contributed by atoms with Crippen molar-refractivity contribution in [2.24, 2.45) is 5.73 Å². The van der Waals surface area contributed by atoms with E-state index >= 15 is 0 Å². The van der Waals surface area contributed by atoms with E-state index in [0.29, 0.717) is 30.9 Å². The molecule has 28 heavy (non-hydrogen) atoms. The quantitative estimate of drug-likeness (QED) is 0.643. The topological polar surface area (TPSA) is 97.5 Å². The first kappa shape index (κ1) is 19.3. The number of methoxy groups -OCH3 is 1. The average Bonchev–Trinajstić information content (AvgIpc) is 2.73. The summed E-state index contributed by atoms with van der Waals surface area (Å²) in [6.07, 6.45) is 3.49. The zero-order valence-electron chi connectivity index (χ0n) is 15.6. The molecule has 0 aliphatic carbocycles. The molecular weight excluding hydrogens is 356 g/mol. The summed E-state index contributed by atoms with van der Waals surface area (Å²) in [5, 5.41) is 4.92. The minimum atomic E-state index is -0.394. The Morgan fingerprint density at radius 3 is 2.61 bits per heavy atom. The molecule has 0 atom stereocenters. The molecule has 0 fully saturated rings. The normalized spacial score (nSPS) is 10.5. The molecule has 0 aliphatic heterocycles. The highest BCUT2D eigenvalue weighted by atomic mass is 16.5. The minimum Gasteiger partial charge on any atom is -0.465 e. The molecule has 7 heteroatoms. The zero-order valence-corrected chi connectivity index (χ0v) is 15.6. The van der Waals surface area contributed by atoms with Crippen LogP contribution >= 0.6 is 0 Å². The molecule has 3 aromatic rings. The number of anilines is 1. The maximum Gasteiger partial charge on any atom is 0.337 e. The van der Waals surface area contributed by atoms with Gasteiger partial charge in [-0.1, -0.05) is 18.2 Å². The van der Waals surface area contributed by atoms with Crippen molar-refractivity contribution in [2.75, 3.05) is 25.5 Å². The van der Waals surface area contributed by atoms with Gasteiger partial charge in [0.25, 0.3) is 0 Å². The number of aromatic nitrogens is 1. The van der Waals surface area contributed by atoms with Gasteiger partial charge >= 0.3 is 12.0 Å². The van der Waals surface area contributed by atoms with Crippen LogP contribution in [0.3, 0.4) is 0 Å². The lowest BCUT2D eigenvalue weighted by Crippen LogP contribution is -2.38. The largest absolute Gasteiger partial charge is 0.465 e. The van der Waals surface area contributed by atoms with E-state index in [1.165, 1.54) is 7.11 Å². The van der Waals surface area contributed by atoms with Crippen LogP contribution < -0.4 is 11.1 Å². The number of rotatable bonds is 6. The lowest BCUT2D eigenvalue weighted by molar-refractivity contribution is 0.0600. The molecule has 2 aromatic carbocycles. The van der Waals surface area contributed by atoms with Gasteiger partial charge in [0.1, 0.15) is 0 Å². The molecule has 0 unspecified atom stereocenters. The third kappa shape index (κ3) is 4.63. The van der Waals surface area contributed by atoms with Crippen LogP contribution in [0.5, 0.6) is 0 Å². The Morgan fingerprint density at radius 1 is 1.11 bits per heavy atom. The first-order valence-electron chi connectivity index (χ1n) is 8.87. The van der Waals surface area contributed by atoms with Gasteiger partial charge in [-0.3, -0.25) is 4.98 Å². The van der Waals surface area contributed by atoms with Crippen LogP contribution in [0.4, 0.5) is 10.5 Å². The Bertz CT molecular complexity index is 973. The third-order valence-corrected chi connectivity index (χ3v) is 4.33. The summed E-state index contributed by atoms with van der Waals surface area (Å²) >= 11 is 0. The van der Waals surface area contributed by atoms with Crippen molar-refractivity contribution < 1.29 is 14.3 Å². The molecule has 0 saturated heterocycles. The second-order valence-corrected chi connectivity index (χ2v) is 6.27. The summed E-state index contributed by atoms with van der Waals surface area (Å²) in [5.41, 5.74) is 7.74. The van der Waals surface area contributed by atoms with Crippen LogP contribution in [0.15, 0.2) is 60.9 Å². The van der Waals surface area contributed by atoms with E-state index in [-0.39, 0.29) is 6.03 Å². The molecule has 0 radical (unpaired) electrons. The maximum atomic E-state index is 12.7. The highest BCUT2D eigenvalue weighted by molar-refractivity contribution is 5.93. The van der Waals surface area contributed by atoms with Crippen LogP contribution in [-0.4, -0.2) is 42.1 Å². The highest BCUT2D eigenvalue weighted by Gasteiger charge is 2.14. The van der Waals surface area contributed by atoms with Crippen LogP contribution in [0.2, 0.25) is 0 Å². The van der Waals surface area contributed by atoms with Gasteiger partial charge in [0.05, 0.1) is 12.7 Å². The molecule has 3 N–H and O–H groups in total. The van der Waals surface area contributed by atoms with Crippen molar-refractivity contribution in [2.45, 2.75) is 6.54 Å². The van der Waals surface area contributed by atoms with Gasteiger partial charge in [0.15, 0.2) is 0 Å². The highest BCUT2D eigenvalue weighted by Crippen LogP contribution is 2.18. The summed E-state index contributed by atoms with van der Waals surface area (Å²) < 4.78 is 4.70. The predicted octanol–water partition coefficient (Wildman–Crippen LogP) is 3.01. The van der Waals surface area contributed by atoms with Crippen LogP contribution in [0, 0.1) is 0 Å². The van der Waals surface area contributed by atoms with Gasteiger partial charge in [-0.15, -0.1) is 0 Å². The van der Waals surface area contributed by atoms with E-state index in [0.717, 1.165) is 16.3 Å². The van der Waals surface area contributed by atoms with E-state index in [1.807, 2.05) is 24.3 Å². The van der Waals surface area contributed by atoms with Gasteiger partial charge in [-0.25, -0.2) is 9.59 Å². The smallest absolute Gasteiger partial charge is 0.337 e. The lowest BCUT2D eigenvalue weighted by atomic mass is 10.1. The maximum absolute atomic E-state index is 12.7. The van der Waals surface area contributed by atoms with Crippen molar-refractivity contribution in [1.29, 1.82) is 0 Å². The lowest BCUT2D eigenvalue weighted by Gasteiger charge is -2.23. The number of urea groups is 1. The number of pyridine rings is 1. The number of hydrogen-bond acceptors (Lipinski definition) is 5. The number of benzene rings is 2. The van der Waals surface area contributed by atoms with E-state index in [1.54, 1.807) is 41.6 Å². The number of hydrogen-bond donors (Lipinski definition) is 2. The zero-order chi connectivity index (χ0) is 19.9. The monoisotopic (exact) mass is 378 g/mol. The fraction of sp³-hybridized carbons (Fsp3) is 0.190. The van der Waals surface area contributed by atoms with Crippen LogP contribution in [0.25, 0.3) is 10.8 Å². The fourth-order valence-corrected chi connectivity index (χ4v) is 2.86. The van der Waals surface area contributed by atoms with Crippen molar-refractivity contribution in [3.63, 3.8) is 0 Å². The summed E-state index contributed by atoms with van der Waals surface area (Å²) in [6, 6.07) is 14.3. The standard InChI is InChI=1S/C21H22N4O3/c1-28-20(26)16-4-2-15(3-5-16)14-25(11-9-22)21(27)24-19-7-6-18-13-23-10-8-17(18)12-19/h2-8,10,12-13H,9,11,14,22H2,1H3,(H,24,27). The molecule has 7 nitrogen and oxygen atoms in total. The van der Waals surface area contributed by atoms with E-state index in [4.69, 9.17) is 10.5 Å². The summed E-state index contributed by atoms with van der Waals surface area (Å²) in [5.74, 6) is -0.394. The number of ether oxygens (including phenoxy) is 1. The minimum absolute atomic E-state index is 0.240. The van der Waals surface area contributed by atoms with E-state index in [2.05, 4.69) is 10.3 Å². The van der Waals surface area contributed by atoms with Gasteiger partial charge in [-0.05, 0) is 41.3 Å². The van der Waals surface area contributed by atoms with Crippen LogP contribution in [-0.2, 0) is 11.3 Å². The van der Waals surface area contributed by atoms with Crippen LogP contribution in [0.1, 0.15) is 15.9 Å². The molecule has 1 heterocycles. The summed E-state index contributed by atoms with van der Waals surface area (Å²) in [6.45, 7) is 1.13. The Balaban J connectivity index is 1.71. The molecule has 144 valence electrons. The Morgan fingerprint density at radius 2 is 1.89 bits per heavy atom. The van der Waals surface area contributed by atoms with Gasteiger partial charge in [-0.2, -0.15) is 0 Å². The van der Waals surface area contributed by atoms with Gasteiger partial charge in [0, 0.05) is 43.1 Å². The second-order valence-electron chi connectivity index (χ2n) is 6.27. The second kappa shape index (κ2) is 8.96. The van der Waals surface area contributed by atoms with E-state index < -0.39 is 5.97 Å². The Labute approximate surface area is 163 Å². The SMILES string of the molecule is COC(=O)c1ccc(CN(CCN)C(=O)Nc2ccc3cnccc3c2)cc1. The number of nitrogens with one attached hydrogen (secondary N) is 1. The van der Waals surface area contributed by atoms with Crippen molar-refractivity contribution in [1.82, 2.24) is 9.88 Å². The molecule has 0 bridgehead atoms. The number of esters is 1. The third-order valence-electron chi connectivity index (χ3n) is 4.33. The molecule has 1 aromatic heterocycles. The first-order valence-corrected chi connectivity index (χ1v) is 8.87. The number of nitrogens with two attached hydrogens (primary N) is 1. The number of fused-ring (bicyclic) bond motifs is 1. The molecule has 0 saturated carbocycles. The molecule has 0 spiro atoms. The predicted molar refractivity (Wildman–Crippen MR) is 108 cm³/mol. The molecule has 2 amide bonds. The number of amides is 2. The molecule has 0 aliphatic rings. The molecule has 3 rings (SSSR count).